The molecule has 0 bridgehead atoms. The van der Waals surface area contributed by atoms with Gasteiger partial charge in [-0.1, -0.05) is 72.8 Å². The number of hydrogen-bond donors (Lipinski definition) is 1. The third kappa shape index (κ3) is 5.45. The van der Waals surface area contributed by atoms with E-state index in [2.05, 4.69) is 70.7 Å². The lowest BCUT2D eigenvalue weighted by molar-refractivity contribution is 0.462. The summed E-state index contributed by atoms with van der Waals surface area (Å²) >= 11 is 0. The van der Waals surface area contributed by atoms with Gasteiger partial charge in [-0.15, -0.1) is 0 Å². The fourth-order valence-electron chi connectivity index (χ4n) is 3.29. The highest BCUT2D eigenvalue weighted by Crippen LogP contribution is 2.25. The molecule has 1 atom stereocenters. The smallest absolute Gasteiger partial charge is 0.224 e. The van der Waals surface area contributed by atoms with Crippen LogP contribution in [0.25, 0.3) is 11.1 Å². The molecule has 0 saturated heterocycles. The van der Waals surface area contributed by atoms with Crippen molar-refractivity contribution in [3.63, 3.8) is 0 Å². The SMILES string of the molecule is CC(CCc1ccccc1)Nc1cc(Oc2ccc(-c3ccccc3)cc2)ncn1. The van der Waals surface area contributed by atoms with E-state index in [0.717, 1.165) is 30.0 Å². The van der Waals surface area contributed by atoms with Crippen LogP contribution < -0.4 is 10.1 Å². The van der Waals surface area contributed by atoms with Crippen LogP contribution in [0.3, 0.4) is 0 Å². The zero-order valence-corrected chi connectivity index (χ0v) is 17.0. The molecule has 4 nitrogen and oxygen atoms in total. The number of aryl methyl sites for hydroxylation is 1. The highest BCUT2D eigenvalue weighted by molar-refractivity contribution is 5.64. The summed E-state index contributed by atoms with van der Waals surface area (Å²) in [5.74, 6) is 2.04. The van der Waals surface area contributed by atoms with Crippen LogP contribution in [0, 0.1) is 0 Å². The van der Waals surface area contributed by atoms with Crippen molar-refractivity contribution in [1.82, 2.24) is 9.97 Å². The van der Waals surface area contributed by atoms with Gasteiger partial charge in [-0.05, 0) is 48.6 Å². The lowest BCUT2D eigenvalue weighted by Crippen LogP contribution is -2.17. The molecule has 0 aliphatic rings. The Morgan fingerprint density at radius 1 is 0.800 bits per heavy atom. The minimum atomic E-state index is 0.290. The van der Waals surface area contributed by atoms with E-state index in [0.29, 0.717) is 5.88 Å². The average molecular weight is 396 g/mol. The van der Waals surface area contributed by atoms with Crippen molar-refractivity contribution in [2.45, 2.75) is 25.8 Å². The second-order valence-corrected chi connectivity index (χ2v) is 7.30. The lowest BCUT2D eigenvalue weighted by Gasteiger charge is -2.15. The topological polar surface area (TPSA) is 47.0 Å². The number of aromatic nitrogens is 2. The van der Waals surface area contributed by atoms with E-state index in [1.54, 1.807) is 0 Å². The van der Waals surface area contributed by atoms with Gasteiger partial charge in [-0.25, -0.2) is 9.97 Å². The van der Waals surface area contributed by atoms with Crippen molar-refractivity contribution in [3.8, 4) is 22.8 Å². The molecule has 30 heavy (non-hydrogen) atoms. The third-order valence-corrected chi connectivity index (χ3v) is 4.93. The first-order valence-electron chi connectivity index (χ1n) is 10.2. The van der Waals surface area contributed by atoms with E-state index in [9.17, 15) is 0 Å². The van der Waals surface area contributed by atoms with Crippen LogP contribution in [0.2, 0.25) is 0 Å². The van der Waals surface area contributed by atoms with Crippen LogP contribution >= 0.6 is 0 Å². The summed E-state index contributed by atoms with van der Waals surface area (Å²) in [6.07, 6.45) is 3.57. The molecule has 3 aromatic carbocycles. The molecular weight excluding hydrogens is 370 g/mol. The van der Waals surface area contributed by atoms with Crippen molar-refractivity contribution in [3.05, 3.63) is 103 Å². The number of nitrogens with one attached hydrogen (secondary N) is 1. The van der Waals surface area contributed by atoms with E-state index in [4.69, 9.17) is 4.74 Å². The van der Waals surface area contributed by atoms with Crippen molar-refractivity contribution in [2.75, 3.05) is 5.32 Å². The number of nitrogens with zero attached hydrogens (tertiary/aromatic N) is 2. The number of anilines is 1. The Balaban J connectivity index is 1.35. The maximum atomic E-state index is 5.93. The molecule has 0 fully saturated rings. The molecule has 1 heterocycles. The van der Waals surface area contributed by atoms with Crippen molar-refractivity contribution >= 4 is 5.82 Å². The minimum absolute atomic E-state index is 0.290. The average Bonchev–Trinajstić information content (AvgIpc) is 2.80. The van der Waals surface area contributed by atoms with Crippen LogP contribution in [-0.4, -0.2) is 16.0 Å². The lowest BCUT2D eigenvalue weighted by atomic mass is 10.1. The standard InChI is InChI=1S/C26H25N3O/c1-20(12-13-21-8-4-2-5-9-21)29-25-18-26(28-19-27-25)30-24-16-14-23(15-17-24)22-10-6-3-7-11-22/h2-11,14-20H,12-13H2,1H3,(H,27,28,29). The van der Waals surface area contributed by atoms with Crippen LogP contribution in [0.4, 0.5) is 5.82 Å². The van der Waals surface area contributed by atoms with Crippen LogP contribution in [0.15, 0.2) is 97.3 Å². The van der Waals surface area contributed by atoms with Crippen LogP contribution in [-0.2, 0) is 6.42 Å². The van der Waals surface area contributed by atoms with Gasteiger partial charge < -0.3 is 10.1 Å². The molecule has 1 N–H and O–H groups in total. The fraction of sp³-hybridized carbons (Fsp3) is 0.154. The highest BCUT2D eigenvalue weighted by atomic mass is 16.5. The molecule has 150 valence electrons. The Morgan fingerprint density at radius 2 is 1.47 bits per heavy atom. The predicted molar refractivity (Wildman–Crippen MR) is 122 cm³/mol. The molecule has 4 aromatic rings. The molecule has 1 aromatic heterocycles. The number of rotatable bonds is 8. The Hall–Kier alpha value is -3.66. The van der Waals surface area contributed by atoms with Gasteiger partial charge >= 0.3 is 0 Å². The predicted octanol–water partition coefficient (Wildman–Crippen LogP) is 6.37. The van der Waals surface area contributed by atoms with Gasteiger partial charge in [-0.2, -0.15) is 0 Å². The summed E-state index contributed by atoms with van der Waals surface area (Å²) in [5.41, 5.74) is 3.68. The van der Waals surface area contributed by atoms with Gasteiger partial charge in [0.1, 0.15) is 17.9 Å². The van der Waals surface area contributed by atoms with Gasteiger partial charge in [0.25, 0.3) is 0 Å². The van der Waals surface area contributed by atoms with Crippen LogP contribution in [0.1, 0.15) is 18.9 Å². The first-order chi connectivity index (χ1) is 14.8. The zero-order chi connectivity index (χ0) is 20.6. The summed E-state index contributed by atoms with van der Waals surface area (Å²) in [7, 11) is 0. The zero-order valence-electron chi connectivity index (χ0n) is 17.0. The molecule has 0 amide bonds. The van der Waals surface area contributed by atoms with Crippen molar-refractivity contribution in [1.29, 1.82) is 0 Å². The van der Waals surface area contributed by atoms with Crippen molar-refractivity contribution in [2.24, 2.45) is 0 Å². The second-order valence-electron chi connectivity index (χ2n) is 7.30. The minimum Gasteiger partial charge on any atom is -0.439 e. The Morgan fingerprint density at radius 3 is 2.20 bits per heavy atom. The summed E-state index contributed by atoms with van der Waals surface area (Å²) in [6.45, 7) is 2.16. The van der Waals surface area contributed by atoms with E-state index < -0.39 is 0 Å². The molecule has 0 radical (unpaired) electrons. The largest absolute Gasteiger partial charge is 0.439 e. The maximum Gasteiger partial charge on any atom is 0.224 e. The summed E-state index contributed by atoms with van der Waals surface area (Å²) in [5, 5.41) is 3.44. The Bertz CT molecular complexity index is 1050. The van der Waals surface area contributed by atoms with E-state index in [1.165, 1.54) is 17.5 Å². The van der Waals surface area contributed by atoms with E-state index in [-0.39, 0.29) is 6.04 Å². The van der Waals surface area contributed by atoms with Crippen LogP contribution in [0.5, 0.6) is 11.6 Å². The van der Waals surface area contributed by atoms with Gasteiger partial charge in [0.2, 0.25) is 5.88 Å². The van der Waals surface area contributed by atoms with E-state index >= 15 is 0 Å². The van der Waals surface area contributed by atoms with Gasteiger partial charge in [0.15, 0.2) is 0 Å². The normalized spacial score (nSPS) is 11.6. The van der Waals surface area contributed by atoms with Gasteiger partial charge in [0.05, 0.1) is 0 Å². The molecule has 0 spiro atoms. The number of benzene rings is 3. The maximum absolute atomic E-state index is 5.93. The third-order valence-electron chi connectivity index (χ3n) is 4.93. The quantitative estimate of drug-likeness (QED) is 0.377. The van der Waals surface area contributed by atoms with Gasteiger partial charge in [-0.3, -0.25) is 0 Å². The molecular formula is C26H25N3O. The second kappa shape index (κ2) is 9.70. The Kier molecular flexibility index (Phi) is 6.35. The number of ether oxygens (including phenoxy) is 1. The van der Waals surface area contributed by atoms with Gasteiger partial charge in [0, 0.05) is 12.1 Å². The first kappa shape index (κ1) is 19.6. The Labute approximate surface area is 177 Å². The molecule has 0 aliphatic carbocycles. The summed E-state index contributed by atoms with van der Waals surface area (Å²) in [6, 6.07) is 30.9. The number of hydrogen-bond acceptors (Lipinski definition) is 4. The monoisotopic (exact) mass is 395 g/mol. The molecule has 4 heteroatoms. The summed E-state index contributed by atoms with van der Waals surface area (Å²) < 4.78 is 5.93. The molecule has 0 aliphatic heterocycles. The first-order valence-corrected chi connectivity index (χ1v) is 10.2. The summed E-state index contributed by atoms with van der Waals surface area (Å²) in [4.78, 5) is 8.57. The highest BCUT2D eigenvalue weighted by Gasteiger charge is 2.07. The fourth-order valence-corrected chi connectivity index (χ4v) is 3.29. The van der Waals surface area contributed by atoms with E-state index in [1.807, 2.05) is 42.5 Å². The molecule has 0 saturated carbocycles. The molecule has 4 rings (SSSR count). The molecule has 1 unspecified atom stereocenters. The van der Waals surface area contributed by atoms with Crippen molar-refractivity contribution < 1.29 is 4.74 Å².